The monoisotopic (exact) mass is 343 g/mol. The van der Waals surface area contributed by atoms with Gasteiger partial charge in [-0.1, -0.05) is 36.8 Å². The Hall–Kier alpha value is -2.13. The molecule has 5 nitrogen and oxygen atoms in total. The minimum atomic E-state index is -0.0762. The molecule has 2 atom stereocenters. The Kier molecular flexibility index (Phi) is 8.78. The van der Waals surface area contributed by atoms with Gasteiger partial charge in [0, 0.05) is 13.1 Å². The molecule has 0 aliphatic heterocycles. The van der Waals surface area contributed by atoms with Gasteiger partial charge in [0.05, 0.1) is 6.54 Å². The zero-order valence-electron chi connectivity index (χ0n) is 14.9. The van der Waals surface area contributed by atoms with Crippen LogP contribution in [0.5, 0.6) is 0 Å². The topological polar surface area (TPSA) is 70.6 Å². The fourth-order valence-corrected chi connectivity index (χ4v) is 3.52. The summed E-state index contributed by atoms with van der Waals surface area (Å²) in [7, 11) is 0. The summed E-state index contributed by atoms with van der Waals surface area (Å²) >= 11 is 0. The second-order valence-electron chi connectivity index (χ2n) is 6.91. The number of carbonyl (C=O) groups excluding carboxylic acids is 2. The number of isocyanates is 1. The van der Waals surface area contributed by atoms with E-state index in [-0.39, 0.29) is 6.03 Å². The molecule has 0 bridgehead atoms. The van der Waals surface area contributed by atoms with Gasteiger partial charge in [-0.3, -0.25) is 0 Å². The van der Waals surface area contributed by atoms with Gasteiger partial charge in [-0.05, 0) is 55.9 Å². The third-order valence-corrected chi connectivity index (χ3v) is 4.88. The minimum absolute atomic E-state index is 0.0762. The number of amides is 2. The Morgan fingerprint density at radius 3 is 2.72 bits per heavy atom. The Balaban J connectivity index is 1.52. The van der Waals surface area contributed by atoms with Crippen LogP contribution in [0.2, 0.25) is 0 Å². The summed E-state index contributed by atoms with van der Waals surface area (Å²) in [5.74, 6) is 0.951. The lowest BCUT2D eigenvalue weighted by atomic mass is 9.81. The van der Waals surface area contributed by atoms with Crippen LogP contribution in [0.1, 0.15) is 44.1 Å². The lowest BCUT2D eigenvalue weighted by Crippen LogP contribution is -2.39. The first-order valence-electron chi connectivity index (χ1n) is 9.37. The van der Waals surface area contributed by atoms with Gasteiger partial charge in [-0.25, -0.2) is 14.6 Å². The molecule has 0 aromatic heterocycles. The van der Waals surface area contributed by atoms with Crippen molar-refractivity contribution in [2.24, 2.45) is 16.8 Å². The first-order valence-corrected chi connectivity index (χ1v) is 9.37. The third-order valence-electron chi connectivity index (χ3n) is 4.88. The molecule has 2 unspecified atom stereocenters. The number of nitrogens with one attached hydrogen (secondary N) is 2. The third kappa shape index (κ3) is 7.99. The lowest BCUT2D eigenvalue weighted by molar-refractivity contribution is 0.229. The van der Waals surface area contributed by atoms with Crippen LogP contribution in [-0.2, 0) is 11.2 Å². The SMILES string of the molecule is O=C=NCC1CCCC(CNC(=O)NCCCCc2ccccc2)C1. The molecule has 1 fully saturated rings. The van der Waals surface area contributed by atoms with Crippen molar-refractivity contribution in [1.82, 2.24) is 10.6 Å². The largest absolute Gasteiger partial charge is 0.338 e. The molecule has 1 aliphatic rings. The highest BCUT2D eigenvalue weighted by molar-refractivity contribution is 5.73. The van der Waals surface area contributed by atoms with E-state index in [1.165, 1.54) is 5.56 Å². The molecule has 0 radical (unpaired) electrons. The maximum Gasteiger partial charge on any atom is 0.314 e. The summed E-state index contributed by atoms with van der Waals surface area (Å²) < 4.78 is 0. The summed E-state index contributed by atoms with van der Waals surface area (Å²) in [6, 6.07) is 10.3. The molecule has 1 saturated carbocycles. The maximum atomic E-state index is 11.9. The van der Waals surface area contributed by atoms with E-state index in [9.17, 15) is 9.59 Å². The number of hydrogen-bond acceptors (Lipinski definition) is 3. The number of nitrogens with zero attached hydrogens (tertiary/aromatic N) is 1. The van der Waals surface area contributed by atoms with Gasteiger partial charge in [-0.2, -0.15) is 0 Å². The Bertz CT molecular complexity index is 555. The van der Waals surface area contributed by atoms with Gasteiger partial charge in [0.15, 0.2) is 0 Å². The maximum absolute atomic E-state index is 11.9. The Labute approximate surface area is 150 Å². The van der Waals surface area contributed by atoms with Crippen LogP contribution in [0, 0.1) is 11.8 Å². The zero-order chi connectivity index (χ0) is 17.7. The summed E-state index contributed by atoms with van der Waals surface area (Å²) in [4.78, 5) is 25.8. The predicted molar refractivity (Wildman–Crippen MR) is 99.2 cm³/mol. The van der Waals surface area contributed by atoms with Crippen LogP contribution in [0.4, 0.5) is 4.79 Å². The van der Waals surface area contributed by atoms with E-state index >= 15 is 0 Å². The van der Waals surface area contributed by atoms with Gasteiger partial charge in [0.25, 0.3) is 0 Å². The molecular weight excluding hydrogens is 314 g/mol. The second-order valence-corrected chi connectivity index (χ2v) is 6.91. The first-order chi connectivity index (χ1) is 12.3. The minimum Gasteiger partial charge on any atom is -0.338 e. The van der Waals surface area contributed by atoms with Gasteiger partial charge in [-0.15, -0.1) is 0 Å². The Morgan fingerprint density at radius 2 is 1.92 bits per heavy atom. The number of aryl methyl sites for hydroxylation is 1. The van der Waals surface area contributed by atoms with Crippen LogP contribution in [0.3, 0.4) is 0 Å². The van der Waals surface area contributed by atoms with Crippen LogP contribution in [-0.4, -0.2) is 31.7 Å². The molecule has 1 aromatic carbocycles. The van der Waals surface area contributed by atoms with Crippen molar-refractivity contribution < 1.29 is 9.59 Å². The van der Waals surface area contributed by atoms with Crippen LogP contribution in [0.15, 0.2) is 35.3 Å². The average Bonchev–Trinajstić information content (AvgIpc) is 2.65. The van der Waals surface area contributed by atoms with E-state index in [1.54, 1.807) is 6.08 Å². The number of aliphatic imine (C=N–C) groups is 1. The molecule has 2 rings (SSSR count). The van der Waals surface area contributed by atoms with E-state index in [0.29, 0.717) is 31.5 Å². The molecule has 2 N–H and O–H groups in total. The normalized spacial score (nSPS) is 19.7. The number of benzene rings is 1. The quantitative estimate of drug-likeness (QED) is 0.409. The molecule has 5 heteroatoms. The highest BCUT2D eigenvalue weighted by Gasteiger charge is 2.22. The zero-order valence-corrected chi connectivity index (χ0v) is 14.9. The van der Waals surface area contributed by atoms with E-state index in [1.807, 2.05) is 6.07 Å². The number of carbonyl (C=O) groups is 1. The fraction of sp³-hybridized carbons (Fsp3) is 0.600. The second kappa shape index (κ2) is 11.4. The molecule has 0 spiro atoms. The first kappa shape index (κ1) is 19.2. The Morgan fingerprint density at radius 1 is 1.12 bits per heavy atom. The number of unbranched alkanes of at least 4 members (excludes halogenated alkanes) is 1. The van der Waals surface area contributed by atoms with Crippen LogP contribution >= 0.6 is 0 Å². The molecule has 0 saturated heterocycles. The van der Waals surface area contributed by atoms with Gasteiger partial charge < -0.3 is 10.6 Å². The number of rotatable bonds is 9. The van der Waals surface area contributed by atoms with Gasteiger partial charge in [0.2, 0.25) is 6.08 Å². The standard InChI is InChI=1S/C20H29N3O2/c24-16-21-14-18-10-6-11-19(13-18)15-23-20(25)22-12-5-4-9-17-7-2-1-3-8-17/h1-3,7-8,18-19H,4-6,9-15H2,(H2,22,23,25). The van der Waals surface area contributed by atoms with Crippen molar-refractivity contribution in [2.45, 2.75) is 44.9 Å². The summed E-state index contributed by atoms with van der Waals surface area (Å²) in [6.07, 6.45) is 9.16. The molecule has 2 amide bonds. The number of hydrogen-bond donors (Lipinski definition) is 2. The van der Waals surface area contributed by atoms with E-state index < -0.39 is 0 Å². The molecule has 1 aliphatic carbocycles. The van der Waals surface area contributed by atoms with E-state index in [4.69, 9.17) is 0 Å². The smallest absolute Gasteiger partial charge is 0.314 e. The van der Waals surface area contributed by atoms with Crippen molar-refractivity contribution >= 4 is 12.1 Å². The summed E-state index contributed by atoms with van der Waals surface area (Å²) in [6.45, 7) is 1.99. The number of urea groups is 1. The van der Waals surface area contributed by atoms with Crippen molar-refractivity contribution in [3.8, 4) is 0 Å². The van der Waals surface area contributed by atoms with Crippen molar-refractivity contribution in [2.75, 3.05) is 19.6 Å². The molecule has 25 heavy (non-hydrogen) atoms. The van der Waals surface area contributed by atoms with Crippen LogP contribution in [0.25, 0.3) is 0 Å². The molecule has 136 valence electrons. The fourth-order valence-electron chi connectivity index (χ4n) is 3.52. The predicted octanol–water partition coefficient (Wildman–Crippen LogP) is 3.45. The molecular formula is C20H29N3O2. The highest BCUT2D eigenvalue weighted by Crippen LogP contribution is 2.28. The van der Waals surface area contributed by atoms with E-state index in [0.717, 1.165) is 44.9 Å². The average molecular weight is 343 g/mol. The molecule has 1 aromatic rings. The van der Waals surface area contributed by atoms with Gasteiger partial charge >= 0.3 is 6.03 Å². The van der Waals surface area contributed by atoms with E-state index in [2.05, 4.69) is 39.9 Å². The van der Waals surface area contributed by atoms with Crippen molar-refractivity contribution in [3.05, 3.63) is 35.9 Å². The highest BCUT2D eigenvalue weighted by atomic mass is 16.2. The summed E-state index contributed by atoms with van der Waals surface area (Å²) in [5.41, 5.74) is 1.35. The summed E-state index contributed by atoms with van der Waals surface area (Å²) in [5, 5.41) is 5.91. The van der Waals surface area contributed by atoms with Crippen LogP contribution < -0.4 is 10.6 Å². The van der Waals surface area contributed by atoms with Crippen molar-refractivity contribution in [1.29, 1.82) is 0 Å². The van der Waals surface area contributed by atoms with Crippen molar-refractivity contribution in [3.63, 3.8) is 0 Å². The molecule has 0 heterocycles. The van der Waals surface area contributed by atoms with Gasteiger partial charge in [0.1, 0.15) is 0 Å². The lowest BCUT2D eigenvalue weighted by Gasteiger charge is -2.28.